The molecule has 90 valence electrons. The first-order chi connectivity index (χ1) is 7.74. The van der Waals surface area contributed by atoms with Crippen LogP contribution in [0.5, 0.6) is 0 Å². The predicted octanol–water partition coefficient (Wildman–Crippen LogP) is -0.887. The van der Waals surface area contributed by atoms with Crippen LogP contribution in [0.3, 0.4) is 0 Å². The lowest BCUT2D eigenvalue weighted by Gasteiger charge is -2.15. The first kappa shape index (κ1) is 12.6. The summed E-state index contributed by atoms with van der Waals surface area (Å²) in [6, 6.07) is 0. The SMILES string of the molecule is COCCN(C)CCNC(=O)c1ncn[nH]1. The normalized spacial score (nSPS) is 10.7. The molecule has 0 unspecified atom stereocenters. The number of amides is 1. The van der Waals surface area contributed by atoms with E-state index in [1.165, 1.54) is 6.33 Å². The number of nitrogens with zero attached hydrogens (tertiary/aromatic N) is 3. The first-order valence-corrected chi connectivity index (χ1v) is 5.05. The van der Waals surface area contributed by atoms with Crippen LogP contribution in [0.1, 0.15) is 10.6 Å². The quantitative estimate of drug-likeness (QED) is 0.631. The second-order valence-electron chi connectivity index (χ2n) is 3.39. The number of aromatic amines is 1. The summed E-state index contributed by atoms with van der Waals surface area (Å²) in [5.41, 5.74) is 0. The van der Waals surface area contributed by atoms with Crippen LogP contribution in [-0.2, 0) is 4.74 Å². The van der Waals surface area contributed by atoms with Gasteiger partial charge in [-0.3, -0.25) is 9.89 Å². The number of carbonyl (C=O) groups is 1. The number of ether oxygens (including phenoxy) is 1. The number of hydrogen-bond acceptors (Lipinski definition) is 5. The van der Waals surface area contributed by atoms with Gasteiger partial charge in [-0.1, -0.05) is 0 Å². The third kappa shape index (κ3) is 4.37. The number of methoxy groups -OCH3 is 1. The van der Waals surface area contributed by atoms with Crippen LogP contribution in [0, 0.1) is 0 Å². The van der Waals surface area contributed by atoms with Crippen LogP contribution in [0.4, 0.5) is 0 Å². The minimum absolute atomic E-state index is 0.236. The van der Waals surface area contributed by atoms with Gasteiger partial charge in [0.05, 0.1) is 6.61 Å². The minimum atomic E-state index is -0.238. The Bertz CT molecular complexity index is 301. The number of likely N-dealkylation sites (N-methyl/N-ethyl adjacent to an activating group) is 1. The highest BCUT2D eigenvalue weighted by Crippen LogP contribution is 1.85. The number of rotatable bonds is 7. The maximum Gasteiger partial charge on any atom is 0.288 e. The van der Waals surface area contributed by atoms with E-state index < -0.39 is 0 Å². The monoisotopic (exact) mass is 227 g/mol. The molecule has 0 aliphatic rings. The largest absolute Gasteiger partial charge is 0.383 e. The van der Waals surface area contributed by atoms with Gasteiger partial charge in [0.2, 0.25) is 5.82 Å². The van der Waals surface area contributed by atoms with Crippen LogP contribution in [0.15, 0.2) is 6.33 Å². The molecule has 0 aliphatic carbocycles. The molecule has 1 heterocycles. The second-order valence-corrected chi connectivity index (χ2v) is 3.39. The summed E-state index contributed by atoms with van der Waals surface area (Å²) in [6.45, 7) is 2.87. The molecule has 7 nitrogen and oxygen atoms in total. The zero-order valence-electron chi connectivity index (χ0n) is 9.56. The molecule has 0 radical (unpaired) electrons. The van der Waals surface area contributed by atoms with E-state index in [1.807, 2.05) is 7.05 Å². The summed E-state index contributed by atoms with van der Waals surface area (Å²) in [5.74, 6) is -0.00261. The number of aromatic nitrogens is 3. The minimum Gasteiger partial charge on any atom is -0.383 e. The number of hydrogen-bond donors (Lipinski definition) is 2. The molecule has 16 heavy (non-hydrogen) atoms. The van der Waals surface area contributed by atoms with Crippen molar-refractivity contribution in [2.24, 2.45) is 0 Å². The van der Waals surface area contributed by atoms with Crippen LogP contribution in [0.2, 0.25) is 0 Å². The molecule has 0 aromatic carbocycles. The van der Waals surface area contributed by atoms with Gasteiger partial charge in [0.15, 0.2) is 0 Å². The zero-order valence-corrected chi connectivity index (χ0v) is 9.56. The van der Waals surface area contributed by atoms with Gasteiger partial charge in [-0.15, -0.1) is 0 Å². The van der Waals surface area contributed by atoms with Gasteiger partial charge in [0.1, 0.15) is 6.33 Å². The fourth-order valence-electron chi connectivity index (χ4n) is 1.12. The highest BCUT2D eigenvalue weighted by atomic mass is 16.5. The van der Waals surface area contributed by atoms with E-state index in [-0.39, 0.29) is 11.7 Å². The standard InChI is InChI=1S/C9H17N5O2/c1-14(5-6-16-2)4-3-10-9(15)8-11-7-12-13-8/h7H,3-6H2,1-2H3,(H,10,15)(H,11,12,13). The Kier molecular flexibility index (Phi) is 5.44. The Labute approximate surface area is 94.2 Å². The lowest BCUT2D eigenvalue weighted by Crippen LogP contribution is -2.34. The van der Waals surface area contributed by atoms with Crippen molar-refractivity contribution in [2.75, 3.05) is 40.4 Å². The molecule has 1 rings (SSSR count). The number of nitrogens with one attached hydrogen (secondary N) is 2. The van der Waals surface area contributed by atoms with Crippen molar-refractivity contribution < 1.29 is 9.53 Å². The molecular weight excluding hydrogens is 210 g/mol. The van der Waals surface area contributed by atoms with E-state index in [2.05, 4.69) is 25.4 Å². The molecular formula is C9H17N5O2. The zero-order chi connectivity index (χ0) is 11.8. The van der Waals surface area contributed by atoms with Crippen molar-refractivity contribution in [2.45, 2.75) is 0 Å². The van der Waals surface area contributed by atoms with E-state index in [1.54, 1.807) is 7.11 Å². The van der Waals surface area contributed by atoms with Crippen LogP contribution in [-0.4, -0.2) is 66.4 Å². The van der Waals surface area contributed by atoms with Crippen molar-refractivity contribution in [1.29, 1.82) is 0 Å². The molecule has 0 atom stereocenters. The molecule has 7 heteroatoms. The van der Waals surface area contributed by atoms with Crippen molar-refractivity contribution in [3.8, 4) is 0 Å². The van der Waals surface area contributed by atoms with Gasteiger partial charge in [0.25, 0.3) is 5.91 Å². The Morgan fingerprint density at radius 2 is 2.44 bits per heavy atom. The third-order valence-electron chi connectivity index (χ3n) is 2.09. The van der Waals surface area contributed by atoms with Gasteiger partial charge in [-0.05, 0) is 7.05 Å². The van der Waals surface area contributed by atoms with Crippen LogP contribution in [0.25, 0.3) is 0 Å². The topological polar surface area (TPSA) is 83.1 Å². The lowest BCUT2D eigenvalue weighted by atomic mass is 10.5. The predicted molar refractivity (Wildman–Crippen MR) is 58.1 cm³/mol. The van der Waals surface area contributed by atoms with E-state index in [0.717, 1.165) is 13.1 Å². The highest BCUT2D eigenvalue weighted by Gasteiger charge is 2.07. The molecule has 2 N–H and O–H groups in total. The van der Waals surface area contributed by atoms with Crippen molar-refractivity contribution in [3.63, 3.8) is 0 Å². The average molecular weight is 227 g/mol. The fourth-order valence-corrected chi connectivity index (χ4v) is 1.12. The van der Waals surface area contributed by atoms with E-state index in [9.17, 15) is 4.79 Å². The lowest BCUT2D eigenvalue weighted by molar-refractivity contribution is 0.0937. The molecule has 0 bridgehead atoms. The molecule has 0 saturated heterocycles. The van der Waals surface area contributed by atoms with E-state index >= 15 is 0 Å². The fraction of sp³-hybridized carbons (Fsp3) is 0.667. The number of H-pyrrole nitrogens is 1. The Hall–Kier alpha value is -1.47. The molecule has 0 aliphatic heterocycles. The smallest absolute Gasteiger partial charge is 0.288 e. The van der Waals surface area contributed by atoms with Gasteiger partial charge < -0.3 is 15.0 Å². The summed E-state index contributed by atoms with van der Waals surface area (Å²) in [7, 11) is 3.64. The van der Waals surface area contributed by atoms with Crippen LogP contribution >= 0.6 is 0 Å². The molecule has 0 spiro atoms. The highest BCUT2D eigenvalue weighted by molar-refractivity contribution is 5.90. The van der Waals surface area contributed by atoms with Crippen molar-refractivity contribution >= 4 is 5.91 Å². The molecule has 1 aromatic rings. The van der Waals surface area contributed by atoms with E-state index in [4.69, 9.17) is 4.74 Å². The summed E-state index contributed by atoms with van der Waals surface area (Å²) < 4.78 is 4.95. The Morgan fingerprint density at radius 1 is 1.62 bits per heavy atom. The summed E-state index contributed by atoms with van der Waals surface area (Å²) in [6.07, 6.45) is 1.31. The first-order valence-electron chi connectivity index (χ1n) is 5.05. The maximum atomic E-state index is 11.4. The molecule has 0 saturated carbocycles. The molecule has 0 fully saturated rings. The van der Waals surface area contributed by atoms with Gasteiger partial charge >= 0.3 is 0 Å². The molecule has 1 aromatic heterocycles. The second kappa shape index (κ2) is 6.91. The van der Waals surface area contributed by atoms with Gasteiger partial charge in [0, 0.05) is 26.7 Å². The maximum absolute atomic E-state index is 11.4. The van der Waals surface area contributed by atoms with Gasteiger partial charge in [-0.25, -0.2) is 4.98 Å². The van der Waals surface area contributed by atoms with Gasteiger partial charge in [-0.2, -0.15) is 5.10 Å². The summed E-state index contributed by atoms with van der Waals surface area (Å²) >= 11 is 0. The van der Waals surface area contributed by atoms with Crippen LogP contribution < -0.4 is 5.32 Å². The van der Waals surface area contributed by atoms with Crippen molar-refractivity contribution in [3.05, 3.63) is 12.2 Å². The Morgan fingerprint density at radius 3 is 3.06 bits per heavy atom. The summed E-state index contributed by atoms with van der Waals surface area (Å²) in [4.78, 5) is 17.2. The number of carbonyl (C=O) groups excluding carboxylic acids is 1. The Balaban J connectivity index is 2.13. The van der Waals surface area contributed by atoms with E-state index in [0.29, 0.717) is 13.2 Å². The summed E-state index contributed by atoms with van der Waals surface area (Å²) in [5, 5.41) is 8.84. The molecule has 1 amide bonds. The average Bonchev–Trinajstić information content (AvgIpc) is 2.79. The van der Waals surface area contributed by atoms with Crippen molar-refractivity contribution in [1.82, 2.24) is 25.4 Å². The third-order valence-corrected chi connectivity index (χ3v) is 2.09.